The Morgan fingerprint density at radius 2 is 1.64 bits per heavy atom. The van der Waals surface area contributed by atoms with Crippen LogP contribution in [0, 0.1) is 0 Å². The zero-order chi connectivity index (χ0) is 24.4. The second-order valence-corrected chi connectivity index (χ2v) is 9.31. The molecule has 0 saturated carbocycles. The van der Waals surface area contributed by atoms with Crippen molar-refractivity contribution >= 4 is 27.6 Å². The van der Waals surface area contributed by atoms with Crippen molar-refractivity contribution in [3.8, 4) is 11.5 Å². The van der Waals surface area contributed by atoms with E-state index in [9.17, 15) is 22.8 Å². The average molecular weight is 478 g/mol. The lowest BCUT2D eigenvalue weighted by Gasteiger charge is -2.19. The molecule has 33 heavy (non-hydrogen) atoms. The highest BCUT2D eigenvalue weighted by Crippen LogP contribution is 2.27. The molecule has 0 radical (unpaired) electrons. The van der Waals surface area contributed by atoms with Gasteiger partial charge in [0.25, 0.3) is 17.7 Å². The summed E-state index contributed by atoms with van der Waals surface area (Å²) < 4.78 is 33.7. The van der Waals surface area contributed by atoms with Gasteiger partial charge in [0.05, 0.1) is 19.5 Å². The fraction of sp³-hybridized carbons (Fsp3) is 0.318. The molecule has 0 aromatic heterocycles. The molecular formula is C22H27N3O7S. The molecule has 0 saturated heterocycles. The van der Waals surface area contributed by atoms with E-state index in [-0.39, 0.29) is 17.7 Å². The number of rotatable bonds is 10. The topological polar surface area (TPSA) is 140 Å². The smallest absolute Gasteiger partial charge is 0.269 e. The second-order valence-electron chi connectivity index (χ2n) is 7.05. The molecule has 2 aromatic rings. The Hall–Kier alpha value is -3.60. The lowest BCUT2D eigenvalue weighted by molar-refractivity contribution is -0.123. The van der Waals surface area contributed by atoms with Crippen LogP contribution in [0.25, 0.3) is 0 Å². The number of carbonyl (C=O) groups is 3. The SMILES string of the molecule is CCOc1ccc(C(=O)NNC(=O)[C@@H](CCS(C)(=O)=O)NC(=O)c2ccccc2)cc1OC. The van der Waals surface area contributed by atoms with Gasteiger partial charge in [-0.05, 0) is 43.7 Å². The molecule has 3 amide bonds. The highest BCUT2D eigenvalue weighted by Gasteiger charge is 2.24. The highest BCUT2D eigenvalue weighted by molar-refractivity contribution is 7.90. The van der Waals surface area contributed by atoms with Crippen molar-refractivity contribution in [3.05, 3.63) is 59.7 Å². The number of sulfone groups is 1. The Morgan fingerprint density at radius 3 is 2.24 bits per heavy atom. The third kappa shape index (κ3) is 8.11. The van der Waals surface area contributed by atoms with Crippen LogP contribution in [0.1, 0.15) is 34.1 Å². The minimum Gasteiger partial charge on any atom is -0.493 e. The number of carbonyl (C=O) groups excluding carboxylic acids is 3. The Balaban J connectivity index is 2.08. The number of nitrogens with one attached hydrogen (secondary N) is 3. The van der Waals surface area contributed by atoms with Gasteiger partial charge in [0, 0.05) is 17.4 Å². The highest BCUT2D eigenvalue weighted by atomic mass is 32.2. The number of hydrazine groups is 1. The Bertz CT molecular complexity index is 1090. The van der Waals surface area contributed by atoms with E-state index >= 15 is 0 Å². The standard InChI is InChI=1S/C22H27N3O7S/c1-4-32-18-11-10-16(14-19(18)31-2)21(27)24-25-22(28)17(12-13-33(3,29)30)23-20(26)15-8-6-5-7-9-15/h5-11,14,17H,4,12-13H2,1-3H3,(H,23,26)(H,24,27)(H,25,28)/t17-/m1/s1. The van der Waals surface area contributed by atoms with E-state index in [4.69, 9.17) is 9.47 Å². The summed E-state index contributed by atoms with van der Waals surface area (Å²) in [6, 6.07) is 11.5. The summed E-state index contributed by atoms with van der Waals surface area (Å²) in [5, 5.41) is 2.51. The normalized spacial score (nSPS) is 11.7. The molecule has 2 rings (SSSR count). The fourth-order valence-electron chi connectivity index (χ4n) is 2.79. The first-order valence-electron chi connectivity index (χ1n) is 10.1. The number of ether oxygens (including phenoxy) is 2. The van der Waals surface area contributed by atoms with E-state index < -0.39 is 33.6 Å². The van der Waals surface area contributed by atoms with Crippen LogP contribution in [0.3, 0.4) is 0 Å². The molecule has 3 N–H and O–H groups in total. The fourth-order valence-corrected chi connectivity index (χ4v) is 3.46. The third-order valence-corrected chi connectivity index (χ3v) is 5.44. The quantitative estimate of drug-likeness (QED) is 0.435. The lowest BCUT2D eigenvalue weighted by Crippen LogP contribution is -2.52. The van der Waals surface area contributed by atoms with Crippen LogP contribution in [-0.4, -0.2) is 57.9 Å². The molecule has 0 aliphatic rings. The number of benzene rings is 2. The molecule has 0 spiro atoms. The van der Waals surface area contributed by atoms with Crippen molar-refractivity contribution in [1.82, 2.24) is 16.2 Å². The summed E-state index contributed by atoms with van der Waals surface area (Å²) in [6.07, 6.45) is 0.859. The zero-order valence-electron chi connectivity index (χ0n) is 18.6. The van der Waals surface area contributed by atoms with Gasteiger partial charge in [-0.2, -0.15) is 0 Å². The summed E-state index contributed by atoms with van der Waals surface area (Å²) in [6.45, 7) is 2.23. The Morgan fingerprint density at radius 1 is 0.939 bits per heavy atom. The molecule has 2 aromatic carbocycles. The van der Waals surface area contributed by atoms with Gasteiger partial charge in [-0.15, -0.1) is 0 Å². The van der Waals surface area contributed by atoms with Crippen molar-refractivity contribution in [2.75, 3.05) is 25.7 Å². The van der Waals surface area contributed by atoms with Gasteiger partial charge in [-0.3, -0.25) is 25.2 Å². The molecule has 0 heterocycles. The first-order valence-corrected chi connectivity index (χ1v) is 12.1. The van der Waals surface area contributed by atoms with Gasteiger partial charge in [-0.1, -0.05) is 18.2 Å². The van der Waals surface area contributed by atoms with Crippen molar-refractivity contribution in [2.45, 2.75) is 19.4 Å². The van der Waals surface area contributed by atoms with Crippen LogP contribution in [0.2, 0.25) is 0 Å². The van der Waals surface area contributed by atoms with Crippen LogP contribution in [-0.2, 0) is 14.6 Å². The van der Waals surface area contributed by atoms with Crippen LogP contribution >= 0.6 is 0 Å². The maximum atomic E-state index is 12.6. The van der Waals surface area contributed by atoms with Gasteiger partial charge < -0.3 is 14.8 Å². The summed E-state index contributed by atoms with van der Waals surface area (Å²) in [4.78, 5) is 37.6. The van der Waals surface area contributed by atoms with Crippen LogP contribution < -0.4 is 25.6 Å². The van der Waals surface area contributed by atoms with Crippen molar-refractivity contribution in [1.29, 1.82) is 0 Å². The Labute approximate surface area is 192 Å². The largest absolute Gasteiger partial charge is 0.493 e. The van der Waals surface area contributed by atoms with Gasteiger partial charge in [0.15, 0.2) is 11.5 Å². The summed E-state index contributed by atoms with van der Waals surface area (Å²) in [7, 11) is -1.95. The number of amides is 3. The number of methoxy groups -OCH3 is 1. The zero-order valence-corrected chi connectivity index (χ0v) is 19.4. The number of hydrogen-bond acceptors (Lipinski definition) is 7. The second kappa shape index (κ2) is 11.9. The maximum Gasteiger partial charge on any atom is 0.269 e. The molecule has 0 aliphatic heterocycles. The molecule has 0 bridgehead atoms. The van der Waals surface area contributed by atoms with Gasteiger partial charge in [0.2, 0.25) is 0 Å². The van der Waals surface area contributed by atoms with E-state index in [1.165, 1.54) is 19.2 Å². The van der Waals surface area contributed by atoms with E-state index in [1.54, 1.807) is 36.4 Å². The van der Waals surface area contributed by atoms with Crippen molar-refractivity contribution in [2.24, 2.45) is 0 Å². The first-order chi connectivity index (χ1) is 15.6. The third-order valence-electron chi connectivity index (χ3n) is 4.46. The molecular weight excluding hydrogens is 450 g/mol. The molecule has 1 atom stereocenters. The van der Waals surface area contributed by atoms with Crippen molar-refractivity contribution < 1.29 is 32.3 Å². The predicted molar refractivity (Wildman–Crippen MR) is 122 cm³/mol. The minimum absolute atomic E-state index is 0.171. The minimum atomic E-state index is -3.39. The summed E-state index contributed by atoms with van der Waals surface area (Å²) >= 11 is 0. The number of hydrogen-bond donors (Lipinski definition) is 3. The molecule has 11 heteroatoms. The Kier molecular flexibility index (Phi) is 9.22. The van der Waals surface area contributed by atoms with E-state index in [0.29, 0.717) is 23.7 Å². The van der Waals surface area contributed by atoms with Crippen LogP contribution in [0.4, 0.5) is 0 Å². The first kappa shape index (κ1) is 25.7. The van der Waals surface area contributed by atoms with Gasteiger partial charge >= 0.3 is 0 Å². The van der Waals surface area contributed by atoms with Gasteiger partial charge in [0.1, 0.15) is 15.9 Å². The molecule has 10 nitrogen and oxygen atoms in total. The lowest BCUT2D eigenvalue weighted by atomic mass is 10.1. The average Bonchev–Trinajstić information content (AvgIpc) is 2.80. The summed E-state index contributed by atoms with van der Waals surface area (Å²) in [5.41, 5.74) is 4.98. The molecule has 0 fully saturated rings. The summed E-state index contributed by atoms with van der Waals surface area (Å²) in [5.74, 6) is -1.48. The molecule has 0 aliphatic carbocycles. The van der Waals surface area contributed by atoms with E-state index in [2.05, 4.69) is 16.2 Å². The maximum absolute atomic E-state index is 12.6. The molecule has 0 unspecified atom stereocenters. The molecule has 178 valence electrons. The van der Waals surface area contributed by atoms with Crippen LogP contribution in [0.15, 0.2) is 48.5 Å². The van der Waals surface area contributed by atoms with E-state index in [0.717, 1.165) is 6.26 Å². The monoisotopic (exact) mass is 477 g/mol. The van der Waals surface area contributed by atoms with Crippen molar-refractivity contribution in [3.63, 3.8) is 0 Å². The predicted octanol–water partition coefficient (Wildman–Crippen LogP) is 1.09. The van der Waals surface area contributed by atoms with E-state index in [1.807, 2.05) is 6.92 Å². The van der Waals surface area contributed by atoms with Gasteiger partial charge in [-0.25, -0.2) is 8.42 Å². The van der Waals surface area contributed by atoms with Crippen LogP contribution in [0.5, 0.6) is 11.5 Å².